The fourth-order valence-electron chi connectivity index (χ4n) is 3.20. The van der Waals surface area contributed by atoms with Crippen molar-refractivity contribution in [2.45, 2.75) is 65.8 Å². The zero-order valence-electron chi connectivity index (χ0n) is 24.8. The Hall–Kier alpha value is -3.06. The molecule has 3 unspecified atom stereocenters. The van der Waals surface area contributed by atoms with Gasteiger partial charge in [-0.25, -0.2) is 0 Å². The SMILES string of the molecule is CCCC.Cc1ccccc1OCC1CO1.Cc1ccccc1OCC1CO1.Cc1ccccc1OCC1CO1. The number of epoxide rings is 3. The predicted molar refractivity (Wildman–Crippen MR) is 160 cm³/mol. The molecule has 0 amide bonds. The fourth-order valence-corrected chi connectivity index (χ4v) is 3.20. The summed E-state index contributed by atoms with van der Waals surface area (Å²) >= 11 is 0. The summed E-state index contributed by atoms with van der Waals surface area (Å²) in [4.78, 5) is 0. The molecule has 6 rings (SSSR count). The van der Waals surface area contributed by atoms with Gasteiger partial charge in [0.1, 0.15) is 55.4 Å². The first-order chi connectivity index (χ1) is 19.5. The summed E-state index contributed by atoms with van der Waals surface area (Å²) in [7, 11) is 0. The number of para-hydroxylation sites is 3. The molecule has 0 saturated carbocycles. The van der Waals surface area contributed by atoms with Crippen LogP contribution in [0, 0.1) is 20.8 Å². The Bertz CT molecular complexity index is 966. The van der Waals surface area contributed by atoms with Crippen molar-refractivity contribution in [3.05, 3.63) is 89.5 Å². The smallest absolute Gasteiger partial charge is 0.122 e. The van der Waals surface area contributed by atoms with E-state index >= 15 is 0 Å². The van der Waals surface area contributed by atoms with E-state index in [9.17, 15) is 0 Å². The van der Waals surface area contributed by atoms with Gasteiger partial charge in [-0.1, -0.05) is 81.3 Å². The zero-order chi connectivity index (χ0) is 28.6. The van der Waals surface area contributed by atoms with Gasteiger partial charge in [-0.2, -0.15) is 0 Å². The third-order valence-electron chi connectivity index (χ3n) is 6.26. The second-order valence-electron chi connectivity index (χ2n) is 10.1. The maximum atomic E-state index is 5.54. The van der Waals surface area contributed by atoms with Gasteiger partial charge in [0.05, 0.1) is 19.8 Å². The summed E-state index contributed by atoms with van der Waals surface area (Å²) in [6.07, 6.45) is 3.65. The number of hydrogen-bond acceptors (Lipinski definition) is 6. The van der Waals surface area contributed by atoms with Crippen molar-refractivity contribution >= 4 is 0 Å². The van der Waals surface area contributed by atoms with Crippen LogP contribution in [0.25, 0.3) is 0 Å². The van der Waals surface area contributed by atoms with E-state index in [0.717, 1.165) is 37.1 Å². The van der Waals surface area contributed by atoms with Crippen LogP contribution in [0.2, 0.25) is 0 Å². The van der Waals surface area contributed by atoms with Crippen molar-refractivity contribution in [2.24, 2.45) is 0 Å². The van der Waals surface area contributed by atoms with Crippen molar-refractivity contribution in [1.29, 1.82) is 0 Å². The standard InChI is InChI=1S/3C10H12O2.C4H10/c3*1-8-4-2-3-5-10(8)12-7-9-6-11-9;1-3-4-2/h3*2-5,9H,6-7H2,1H3;3-4H2,1-2H3. The van der Waals surface area contributed by atoms with Crippen LogP contribution in [-0.2, 0) is 14.2 Å². The van der Waals surface area contributed by atoms with Crippen molar-refractivity contribution in [2.75, 3.05) is 39.6 Å². The zero-order valence-corrected chi connectivity index (χ0v) is 24.8. The molecular formula is C34H46O6. The van der Waals surface area contributed by atoms with Crippen LogP contribution in [0.1, 0.15) is 43.4 Å². The van der Waals surface area contributed by atoms with E-state index in [2.05, 4.69) is 13.8 Å². The first-order valence-corrected chi connectivity index (χ1v) is 14.4. The van der Waals surface area contributed by atoms with Crippen molar-refractivity contribution in [3.8, 4) is 17.2 Å². The van der Waals surface area contributed by atoms with Gasteiger partial charge in [0.15, 0.2) is 0 Å². The number of unbranched alkanes of at least 4 members (excludes halogenated alkanes) is 1. The van der Waals surface area contributed by atoms with Crippen molar-refractivity contribution in [1.82, 2.24) is 0 Å². The molecule has 3 aromatic rings. The summed E-state index contributed by atoms with van der Waals surface area (Å²) in [5.74, 6) is 2.90. The lowest BCUT2D eigenvalue weighted by molar-refractivity contribution is 0.262. The van der Waals surface area contributed by atoms with Gasteiger partial charge in [-0.3, -0.25) is 0 Å². The molecule has 6 nitrogen and oxygen atoms in total. The molecule has 3 atom stereocenters. The average Bonchev–Trinajstić information content (AvgIpc) is 3.83. The third-order valence-corrected chi connectivity index (χ3v) is 6.26. The molecule has 3 fully saturated rings. The predicted octanol–water partition coefficient (Wildman–Crippen LogP) is 7.12. The van der Waals surface area contributed by atoms with Crippen molar-refractivity contribution in [3.63, 3.8) is 0 Å². The van der Waals surface area contributed by atoms with E-state index in [0.29, 0.717) is 38.1 Å². The fraction of sp³-hybridized carbons (Fsp3) is 0.471. The Balaban J connectivity index is 0.000000155. The molecule has 0 radical (unpaired) electrons. The van der Waals surface area contributed by atoms with Gasteiger partial charge in [-0.05, 0) is 55.7 Å². The Morgan fingerprint density at radius 2 is 0.750 bits per heavy atom. The van der Waals surface area contributed by atoms with Crippen LogP contribution in [0.15, 0.2) is 72.8 Å². The minimum atomic E-state index is 0.338. The number of aryl methyl sites for hydroxylation is 3. The molecule has 0 N–H and O–H groups in total. The number of benzene rings is 3. The van der Waals surface area contributed by atoms with Gasteiger partial charge in [0, 0.05) is 0 Å². The van der Waals surface area contributed by atoms with Gasteiger partial charge < -0.3 is 28.4 Å². The van der Waals surface area contributed by atoms with E-state index in [1.54, 1.807) is 0 Å². The monoisotopic (exact) mass is 550 g/mol. The van der Waals surface area contributed by atoms with Crippen LogP contribution < -0.4 is 14.2 Å². The van der Waals surface area contributed by atoms with Gasteiger partial charge in [0.25, 0.3) is 0 Å². The molecule has 0 aliphatic carbocycles. The maximum absolute atomic E-state index is 5.54. The van der Waals surface area contributed by atoms with E-state index in [4.69, 9.17) is 28.4 Å². The van der Waals surface area contributed by atoms with Crippen LogP contribution in [0.4, 0.5) is 0 Å². The van der Waals surface area contributed by atoms with Gasteiger partial charge in [0.2, 0.25) is 0 Å². The van der Waals surface area contributed by atoms with Crippen LogP contribution in [0.3, 0.4) is 0 Å². The average molecular weight is 551 g/mol. The largest absolute Gasteiger partial charge is 0.491 e. The number of ether oxygens (including phenoxy) is 6. The lowest BCUT2D eigenvalue weighted by Crippen LogP contribution is -2.04. The molecule has 3 aliphatic heterocycles. The molecular weight excluding hydrogens is 504 g/mol. The molecule has 6 heteroatoms. The van der Waals surface area contributed by atoms with Crippen LogP contribution in [0.5, 0.6) is 17.2 Å². The highest BCUT2D eigenvalue weighted by Gasteiger charge is 2.24. The van der Waals surface area contributed by atoms with Gasteiger partial charge >= 0.3 is 0 Å². The highest BCUT2D eigenvalue weighted by atomic mass is 16.6. The number of hydrogen-bond donors (Lipinski definition) is 0. The topological polar surface area (TPSA) is 65.3 Å². The molecule has 40 heavy (non-hydrogen) atoms. The van der Waals surface area contributed by atoms with E-state index < -0.39 is 0 Å². The minimum Gasteiger partial charge on any atom is -0.491 e. The number of rotatable bonds is 10. The first-order valence-electron chi connectivity index (χ1n) is 14.4. The van der Waals surface area contributed by atoms with E-state index in [1.165, 1.54) is 29.5 Å². The quantitative estimate of drug-likeness (QED) is 0.250. The lowest BCUT2D eigenvalue weighted by Gasteiger charge is -2.06. The Labute approximate surface area is 240 Å². The second kappa shape index (κ2) is 17.6. The molecule has 3 aromatic carbocycles. The molecule has 3 heterocycles. The summed E-state index contributed by atoms with van der Waals surface area (Å²) in [6.45, 7) is 15.1. The third kappa shape index (κ3) is 13.3. The second-order valence-corrected chi connectivity index (χ2v) is 10.1. The highest BCUT2D eigenvalue weighted by Crippen LogP contribution is 2.20. The van der Waals surface area contributed by atoms with Crippen molar-refractivity contribution < 1.29 is 28.4 Å². The molecule has 3 aliphatic rings. The van der Waals surface area contributed by atoms with Crippen LogP contribution in [-0.4, -0.2) is 58.0 Å². The Morgan fingerprint density at radius 3 is 0.950 bits per heavy atom. The molecule has 0 spiro atoms. The summed E-state index contributed by atoms with van der Waals surface area (Å²) < 4.78 is 31.7. The van der Waals surface area contributed by atoms with Gasteiger partial charge in [-0.15, -0.1) is 0 Å². The minimum absolute atomic E-state index is 0.338. The molecule has 218 valence electrons. The first kappa shape index (κ1) is 31.5. The normalized spacial score (nSPS) is 19.3. The highest BCUT2D eigenvalue weighted by molar-refractivity contribution is 5.33. The lowest BCUT2D eigenvalue weighted by atomic mass is 10.2. The molecule has 0 aromatic heterocycles. The van der Waals surface area contributed by atoms with E-state index in [-0.39, 0.29) is 0 Å². The Kier molecular flexibility index (Phi) is 13.8. The summed E-state index contributed by atoms with van der Waals surface area (Å²) in [6, 6.07) is 24.1. The summed E-state index contributed by atoms with van der Waals surface area (Å²) in [5, 5.41) is 0. The van der Waals surface area contributed by atoms with E-state index in [1.807, 2.05) is 93.6 Å². The van der Waals surface area contributed by atoms with Crippen LogP contribution >= 0.6 is 0 Å². The molecule has 0 bridgehead atoms. The molecule has 3 saturated heterocycles. The summed E-state index contributed by atoms with van der Waals surface area (Å²) in [5.41, 5.74) is 3.54. The Morgan fingerprint density at radius 1 is 0.500 bits per heavy atom. The maximum Gasteiger partial charge on any atom is 0.122 e.